The first-order valence-corrected chi connectivity index (χ1v) is 5.90. The summed E-state index contributed by atoms with van der Waals surface area (Å²) in [5.41, 5.74) is 5.45. The lowest BCUT2D eigenvalue weighted by Crippen LogP contribution is -2.30. The van der Waals surface area contributed by atoms with E-state index in [9.17, 15) is 9.18 Å². The van der Waals surface area contributed by atoms with Crippen molar-refractivity contribution in [3.63, 3.8) is 0 Å². The molecule has 2 rings (SSSR count). The number of carbonyl (C=O) groups is 1. The lowest BCUT2D eigenvalue weighted by atomic mass is 10.1. The molecule has 0 heterocycles. The van der Waals surface area contributed by atoms with Crippen LogP contribution in [0.2, 0.25) is 10.0 Å². The van der Waals surface area contributed by atoms with Gasteiger partial charge in [-0.15, -0.1) is 0 Å². The zero-order chi connectivity index (χ0) is 12.6. The van der Waals surface area contributed by atoms with Crippen molar-refractivity contribution in [2.45, 2.75) is 12.8 Å². The highest BCUT2D eigenvalue weighted by molar-refractivity contribution is 6.35. The summed E-state index contributed by atoms with van der Waals surface area (Å²) in [5, 5.41) is 2.41. The van der Waals surface area contributed by atoms with Gasteiger partial charge in [0.25, 0.3) is 0 Å². The van der Waals surface area contributed by atoms with Crippen molar-refractivity contribution in [3.05, 3.63) is 28.0 Å². The number of amides is 1. The smallest absolute Gasteiger partial charge is 0.231 e. The highest BCUT2D eigenvalue weighted by Gasteiger charge is 2.48. The largest absolute Gasteiger partial charge is 0.329 e. The molecule has 1 amide bonds. The maximum absolute atomic E-state index is 13.2. The van der Waals surface area contributed by atoms with E-state index in [1.54, 1.807) is 0 Å². The average molecular weight is 277 g/mol. The van der Waals surface area contributed by atoms with Crippen LogP contribution in [0.25, 0.3) is 0 Å². The number of hydrogen-bond acceptors (Lipinski definition) is 2. The highest BCUT2D eigenvalue weighted by atomic mass is 35.5. The van der Waals surface area contributed by atoms with Gasteiger partial charge in [-0.05, 0) is 25.0 Å². The van der Waals surface area contributed by atoms with E-state index in [-0.39, 0.29) is 16.0 Å². The van der Waals surface area contributed by atoms with E-state index in [1.165, 1.54) is 12.1 Å². The molecule has 3 nitrogen and oxygen atoms in total. The van der Waals surface area contributed by atoms with Gasteiger partial charge < -0.3 is 11.1 Å². The minimum absolute atomic E-state index is 0.120. The first-order valence-electron chi connectivity index (χ1n) is 5.14. The fraction of sp³-hybridized carbons (Fsp3) is 0.364. The Labute approximate surface area is 108 Å². The molecule has 3 N–H and O–H groups in total. The molecule has 0 spiro atoms. The number of benzene rings is 1. The topological polar surface area (TPSA) is 55.1 Å². The summed E-state index contributed by atoms with van der Waals surface area (Å²) in [5.74, 6) is -0.856. The van der Waals surface area contributed by atoms with Crippen LogP contribution in [0.15, 0.2) is 12.1 Å². The Hall–Kier alpha value is -0.840. The number of nitrogens with one attached hydrogen (secondary N) is 1. The van der Waals surface area contributed by atoms with Crippen molar-refractivity contribution in [2.24, 2.45) is 11.1 Å². The summed E-state index contributed by atoms with van der Waals surface area (Å²) in [6, 6.07) is 2.65. The number of carbonyl (C=O) groups excluding carboxylic acids is 1. The minimum Gasteiger partial charge on any atom is -0.329 e. The number of halogens is 3. The Morgan fingerprint density at radius 3 is 2.35 bits per heavy atom. The van der Waals surface area contributed by atoms with E-state index < -0.39 is 11.2 Å². The fourth-order valence-electron chi connectivity index (χ4n) is 1.57. The van der Waals surface area contributed by atoms with Crippen molar-refractivity contribution < 1.29 is 9.18 Å². The van der Waals surface area contributed by atoms with Crippen LogP contribution in [0.4, 0.5) is 10.1 Å². The quantitative estimate of drug-likeness (QED) is 0.835. The molecule has 0 bridgehead atoms. The number of nitrogens with two attached hydrogens (primary N) is 1. The van der Waals surface area contributed by atoms with Crippen LogP contribution < -0.4 is 11.1 Å². The van der Waals surface area contributed by atoms with Crippen molar-refractivity contribution in [3.8, 4) is 0 Å². The number of anilines is 1. The fourth-order valence-corrected chi connectivity index (χ4v) is 2.05. The van der Waals surface area contributed by atoms with E-state index in [0.717, 1.165) is 12.8 Å². The van der Waals surface area contributed by atoms with Gasteiger partial charge in [-0.2, -0.15) is 0 Å². The van der Waals surface area contributed by atoms with E-state index in [4.69, 9.17) is 28.9 Å². The minimum atomic E-state index is -0.689. The third-order valence-corrected chi connectivity index (χ3v) is 3.52. The molecule has 0 atom stereocenters. The van der Waals surface area contributed by atoms with E-state index >= 15 is 0 Å². The molecule has 1 aliphatic rings. The molecule has 1 aromatic carbocycles. The zero-order valence-electron chi connectivity index (χ0n) is 8.90. The lowest BCUT2D eigenvalue weighted by molar-refractivity contribution is -0.120. The average Bonchev–Trinajstić information content (AvgIpc) is 3.06. The predicted molar refractivity (Wildman–Crippen MR) is 65.8 cm³/mol. The van der Waals surface area contributed by atoms with Crippen LogP contribution in [-0.4, -0.2) is 12.5 Å². The summed E-state index contributed by atoms with van der Waals surface area (Å²) in [6.45, 7) is 0.307. The van der Waals surface area contributed by atoms with Crippen molar-refractivity contribution >= 4 is 34.8 Å². The monoisotopic (exact) mass is 276 g/mol. The van der Waals surface area contributed by atoms with Crippen LogP contribution in [0.1, 0.15) is 12.8 Å². The third-order valence-electron chi connectivity index (χ3n) is 2.97. The Bertz CT molecular complexity index is 452. The van der Waals surface area contributed by atoms with Gasteiger partial charge in [0.2, 0.25) is 5.91 Å². The number of hydrogen-bond donors (Lipinski definition) is 2. The molecule has 17 heavy (non-hydrogen) atoms. The molecule has 1 aliphatic carbocycles. The Morgan fingerprint density at radius 1 is 1.41 bits per heavy atom. The van der Waals surface area contributed by atoms with Crippen LogP contribution in [0.3, 0.4) is 0 Å². The maximum Gasteiger partial charge on any atom is 0.231 e. The van der Waals surface area contributed by atoms with Crippen LogP contribution >= 0.6 is 23.2 Å². The molecule has 1 saturated carbocycles. The van der Waals surface area contributed by atoms with Gasteiger partial charge in [0.15, 0.2) is 5.82 Å². The summed E-state index contributed by atoms with van der Waals surface area (Å²) in [4.78, 5) is 11.9. The molecule has 0 aliphatic heterocycles. The summed E-state index contributed by atoms with van der Waals surface area (Å²) >= 11 is 11.3. The van der Waals surface area contributed by atoms with Crippen LogP contribution in [-0.2, 0) is 4.79 Å². The normalized spacial score (nSPS) is 16.7. The second-order valence-electron chi connectivity index (χ2n) is 4.19. The van der Waals surface area contributed by atoms with Crippen LogP contribution in [0.5, 0.6) is 0 Å². The molecule has 0 aromatic heterocycles. The predicted octanol–water partition coefficient (Wildman–Crippen LogP) is 2.81. The second-order valence-corrected chi connectivity index (χ2v) is 5.01. The molecule has 1 aromatic rings. The van der Waals surface area contributed by atoms with Gasteiger partial charge in [-0.1, -0.05) is 23.2 Å². The third kappa shape index (κ3) is 2.39. The van der Waals surface area contributed by atoms with E-state index in [2.05, 4.69) is 5.32 Å². The van der Waals surface area contributed by atoms with Crippen molar-refractivity contribution in [1.29, 1.82) is 0 Å². The lowest BCUT2D eigenvalue weighted by Gasteiger charge is -2.13. The summed E-state index contributed by atoms with van der Waals surface area (Å²) < 4.78 is 13.2. The Kier molecular flexibility index (Phi) is 3.30. The Balaban J connectivity index is 2.17. The molecular formula is C11H11Cl2FN2O. The van der Waals surface area contributed by atoms with Gasteiger partial charge in [0, 0.05) is 12.2 Å². The first kappa shape index (κ1) is 12.6. The van der Waals surface area contributed by atoms with Gasteiger partial charge >= 0.3 is 0 Å². The highest BCUT2D eigenvalue weighted by Crippen LogP contribution is 2.45. The molecule has 0 saturated heterocycles. The summed E-state index contributed by atoms with van der Waals surface area (Å²) in [6.07, 6.45) is 1.55. The summed E-state index contributed by atoms with van der Waals surface area (Å²) in [7, 11) is 0. The Morgan fingerprint density at radius 2 is 1.94 bits per heavy atom. The van der Waals surface area contributed by atoms with Crippen molar-refractivity contribution in [2.75, 3.05) is 11.9 Å². The molecule has 0 radical (unpaired) electrons. The molecule has 92 valence electrons. The van der Waals surface area contributed by atoms with E-state index in [1.807, 2.05) is 0 Å². The zero-order valence-corrected chi connectivity index (χ0v) is 10.4. The van der Waals surface area contributed by atoms with E-state index in [0.29, 0.717) is 12.2 Å². The molecule has 0 unspecified atom stereocenters. The molecule has 1 fully saturated rings. The van der Waals surface area contributed by atoms with Gasteiger partial charge in [-0.25, -0.2) is 4.39 Å². The molecular weight excluding hydrogens is 266 g/mol. The van der Waals surface area contributed by atoms with Gasteiger partial charge in [0.1, 0.15) is 0 Å². The maximum atomic E-state index is 13.2. The van der Waals surface area contributed by atoms with Crippen LogP contribution in [0, 0.1) is 11.2 Å². The number of rotatable bonds is 3. The standard InChI is InChI=1S/C11H11Cl2FN2O/c12-7-3-6(4-8(13)9(7)14)16-10(17)11(5-15)1-2-11/h3-4H,1-2,5,15H2,(H,16,17). The molecule has 6 heteroatoms. The van der Waals surface area contributed by atoms with Gasteiger partial charge in [0.05, 0.1) is 15.5 Å². The van der Waals surface area contributed by atoms with Gasteiger partial charge in [-0.3, -0.25) is 4.79 Å². The second kappa shape index (κ2) is 4.44. The first-order chi connectivity index (χ1) is 7.98. The SMILES string of the molecule is NCC1(C(=O)Nc2cc(Cl)c(F)c(Cl)c2)CC1. The van der Waals surface area contributed by atoms with Crippen molar-refractivity contribution in [1.82, 2.24) is 0 Å².